The molecule has 0 aliphatic heterocycles. The van der Waals surface area contributed by atoms with Crippen LogP contribution in [0.15, 0.2) is 46.8 Å². The van der Waals surface area contributed by atoms with E-state index in [4.69, 9.17) is 4.99 Å². The van der Waals surface area contributed by atoms with Crippen molar-refractivity contribution in [1.82, 2.24) is 15.5 Å². The highest BCUT2D eigenvalue weighted by Crippen LogP contribution is 2.13. The molecule has 2 rings (SSSR count). The monoisotopic (exact) mass is 358 g/mol. The fraction of sp³-hybridized carbons (Fsp3) is 0.450. The van der Waals surface area contributed by atoms with E-state index in [9.17, 15) is 0 Å². The summed E-state index contributed by atoms with van der Waals surface area (Å²) < 4.78 is 0. The van der Waals surface area contributed by atoms with Gasteiger partial charge in [0.25, 0.3) is 0 Å². The van der Waals surface area contributed by atoms with Gasteiger partial charge in [-0.2, -0.15) is 0 Å². The van der Waals surface area contributed by atoms with E-state index in [1.165, 1.54) is 16.0 Å². The Morgan fingerprint density at radius 1 is 1.00 bits per heavy atom. The number of thiophene rings is 1. The van der Waals surface area contributed by atoms with E-state index >= 15 is 0 Å². The normalized spacial score (nSPS) is 11.8. The Balaban J connectivity index is 2.03. The number of nitrogens with zero attached hydrogens (tertiary/aromatic N) is 2. The molecule has 0 radical (unpaired) electrons. The van der Waals surface area contributed by atoms with Gasteiger partial charge >= 0.3 is 0 Å². The molecule has 4 nitrogen and oxygen atoms in total. The van der Waals surface area contributed by atoms with Crippen LogP contribution < -0.4 is 10.6 Å². The van der Waals surface area contributed by atoms with E-state index in [1.807, 2.05) is 0 Å². The zero-order valence-corrected chi connectivity index (χ0v) is 16.4. The Hall–Kier alpha value is -1.85. The van der Waals surface area contributed by atoms with Crippen LogP contribution in [0, 0.1) is 0 Å². The topological polar surface area (TPSA) is 39.7 Å². The van der Waals surface area contributed by atoms with Crippen molar-refractivity contribution in [2.75, 3.05) is 19.6 Å². The molecular formula is C20H30N4S. The number of nitrogens with one attached hydrogen (secondary N) is 2. The van der Waals surface area contributed by atoms with Crippen LogP contribution in [0.3, 0.4) is 0 Å². The SMILES string of the molecule is CCNC(=NCc1ccccc1CN(CC)CC)NCc1cccs1. The number of rotatable bonds is 9. The minimum absolute atomic E-state index is 0.692. The first-order chi connectivity index (χ1) is 12.3. The largest absolute Gasteiger partial charge is 0.357 e. The van der Waals surface area contributed by atoms with Crippen molar-refractivity contribution in [2.24, 2.45) is 4.99 Å². The molecule has 0 spiro atoms. The summed E-state index contributed by atoms with van der Waals surface area (Å²) in [7, 11) is 0. The number of aliphatic imine (C=N–C) groups is 1. The Kier molecular flexibility index (Phi) is 8.49. The van der Waals surface area contributed by atoms with Crippen LogP contribution in [0.5, 0.6) is 0 Å². The lowest BCUT2D eigenvalue weighted by molar-refractivity contribution is 0.295. The molecule has 0 aliphatic rings. The average Bonchev–Trinajstić information content (AvgIpc) is 3.16. The minimum Gasteiger partial charge on any atom is -0.357 e. The second kappa shape index (κ2) is 10.9. The zero-order valence-electron chi connectivity index (χ0n) is 15.6. The van der Waals surface area contributed by atoms with E-state index in [1.54, 1.807) is 11.3 Å². The van der Waals surface area contributed by atoms with Crippen LogP contribution >= 0.6 is 11.3 Å². The minimum atomic E-state index is 0.692. The van der Waals surface area contributed by atoms with E-state index in [0.29, 0.717) is 6.54 Å². The Morgan fingerprint density at radius 3 is 2.40 bits per heavy atom. The van der Waals surface area contributed by atoms with E-state index < -0.39 is 0 Å². The molecule has 2 N–H and O–H groups in total. The lowest BCUT2D eigenvalue weighted by atomic mass is 10.1. The van der Waals surface area contributed by atoms with Crippen molar-refractivity contribution >= 4 is 17.3 Å². The van der Waals surface area contributed by atoms with Crippen molar-refractivity contribution in [2.45, 2.75) is 40.4 Å². The third kappa shape index (κ3) is 6.52. The molecule has 0 amide bonds. The molecule has 0 saturated carbocycles. The summed E-state index contributed by atoms with van der Waals surface area (Å²) in [5.41, 5.74) is 2.66. The first-order valence-corrected chi connectivity index (χ1v) is 9.98. The molecule has 1 heterocycles. The van der Waals surface area contributed by atoms with Crippen LogP contribution in [0.2, 0.25) is 0 Å². The van der Waals surface area contributed by atoms with Gasteiger partial charge in [-0.1, -0.05) is 44.2 Å². The quantitative estimate of drug-likeness (QED) is 0.528. The molecule has 0 saturated heterocycles. The van der Waals surface area contributed by atoms with Gasteiger partial charge in [-0.3, -0.25) is 4.90 Å². The summed E-state index contributed by atoms with van der Waals surface area (Å²) in [5, 5.41) is 8.85. The average molecular weight is 359 g/mol. The van der Waals surface area contributed by atoms with Crippen molar-refractivity contribution in [3.8, 4) is 0 Å². The van der Waals surface area contributed by atoms with Crippen molar-refractivity contribution in [3.63, 3.8) is 0 Å². The molecule has 136 valence electrons. The van der Waals surface area contributed by atoms with Crippen molar-refractivity contribution < 1.29 is 0 Å². The van der Waals surface area contributed by atoms with Crippen LogP contribution in [0.1, 0.15) is 36.8 Å². The van der Waals surface area contributed by atoms with Crippen molar-refractivity contribution in [3.05, 3.63) is 57.8 Å². The molecule has 25 heavy (non-hydrogen) atoms. The lowest BCUT2D eigenvalue weighted by Crippen LogP contribution is -2.36. The lowest BCUT2D eigenvalue weighted by Gasteiger charge is -2.20. The molecule has 1 aromatic carbocycles. The molecule has 5 heteroatoms. The van der Waals surface area contributed by atoms with Gasteiger partial charge in [0.2, 0.25) is 0 Å². The number of hydrogen-bond acceptors (Lipinski definition) is 3. The second-order valence-corrected chi connectivity index (χ2v) is 6.89. The molecule has 0 bridgehead atoms. The van der Waals surface area contributed by atoms with E-state index in [2.05, 4.69) is 78.1 Å². The number of guanidine groups is 1. The van der Waals surface area contributed by atoms with Gasteiger partial charge in [-0.25, -0.2) is 4.99 Å². The maximum atomic E-state index is 4.78. The van der Waals surface area contributed by atoms with Crippen LogP contribution in [-0.4, -0.2) is 30.5 Å². The fourth-order valence-corrected chi connectivity index (χ4v) is 3.29. The third-order valence-electron chi connectivity index (χ3n) is 4.17. The molecule has 2 aromatic rings. The smallest absolute Gasteiger partial charge is 0.191 e. The Morgan fingerprint density at radius 2 is 1.76 bits per heavy atom. The van der Waals surface area contributed by atoms with Gasteiger partial charge < -0.3 is 10.6 Å². The summed E-state index contributed by atoms with van der Waals surface area (Å²) >= 11 is 1.76. The van der Waals surface area contributed by atoms with Gasteiger partial charge in [-0.05, 0) is 42.6 Å². The van der Waals surface area contributed by atoms with Crippen molar-refractivity contribution in [1.29, 1.82) is 0 Å². The fourth-order valence-electron chi connectivity index (χ4n) is 2.64. The van der Waals surface area contributed by atoms with Crippen LogP contribution in [-0.2, 0) is 19.6 Å². The highest BCUT2D eigenvalue weighted by atomic mass is 32.1. The summed E-state index contributed by atoms with van der Waals surface area (Å²) in [6.07, 6.45) is 0. The molecular weight excluding hydrogens is 328 g/mol. The van der Waals surface area contributed by atoms with Gasteiger partial charge in [-0.15, -0.1) is 11.3 Å². The van der Waals surface area contributed by atoms with Gasteiger partial charge in [0, 0.05) is 18.0 Å². The van der Waals surface area contributed by atoms with Gasteiger partial charge in [0.05, 0.1) is 13.1 Å². The van der Waals surface area contributed by atoms with Gasteiger partial charge in [0.1, 0.15) is 0 Å². The summed E-state index contributed by atoms with van der Waals surface area (Å²) in [6.45, 7) is 12.0. The van der Waals surface area contributed by atoms with Gasteiger partial charge in [0.15, 0.2) is 5.96 Å². The maximum Gasteiger partial charge on any atom is 0.191 e. The second-order valence-electron chi connectivity index (χ2n) is 5.86. The predicted octanol–water partition coefficient (Wildman–Crippen LogP) is 3.85. The Bertz CT molecular complexity index is 633. The first-order valence-electron chi connectivity index (χ1n) is 9.10. The molecule has 0 aliphatic carbocycles. The number of benzene rings is 1. The highest BCUT2D eigenvalue weighted by Gasteiger charge is 2.06. The first kappa shape index (κ1) is 19.5. The third-order valence-corrected chi connectivity index (χ3v) is 5.05. The van der Waals surface area contributed by atoms with E-state index in [-0.39, 0.29) is 0 Å². The zero-order chi connectivity index (χ0) is 17.9. The number of hydrogen-bond donors (Lipinski definition) is 2. The standard InChI is InChI=1S/C20H30N4S/c1-4-21-20(23-15-19-12-9-13-25-19)22-14-17-10-7-8-11-18(17)16-24(5-2)6-3/h7-13H,4-6,14-16H2,1-3H3,(H2,21,22,23). The maximum absolute atomic E-state index is 4.78. The molecule has 0 fully saturated rings. The molecule has 1 aromatic heterocycles. The summed E-state index contributed by atoms with van der Waals surface area (Å²) in [6, 6.07) is 12.8. The van der Waals surface area contributed by atoms with Crippen LogP contribution in [0.4, 0.5) is 0 Å². The summed E-state index contributed by atoms with van der Waals surface area (Å²) in [5.74, 6) is 0.869. The predicted molar refractivity (Wildman–Crippen MR) is 109 cm³/mol. The Labute approximate surface area is 156 Å². The molecule has 0 atom stereocenters. The molecule has 0 unspecified atom stereocenters. The van der Waals surface area contributed by atoms with E-state index in [0.717, 1.165) is 38.7 Å². The highest BCUT2D eigenvalue weighted by molar-refractivity contribution is 7.09. The summed E-state index contributed by atoms with van der Waals surface area (Å²) in [4.78, 5) is 8.53. The van der Waals surface area contributed by atoms with Crippen LogP contribution in [0.25, 0.3) is 0 Å².